The Morgan fingerprint density at radius 2 is 1.89 bits per heavy atom. The Bertz CT molecular complexity index is 976. The van der Waals surface area contributed by atoms with E-state index in [0.717, 1.165) is 31.0 Å². The number of nitrogens with zero attached hydrogens (tertiary/aromatic N) is 2. The van der Waals surface area contributed by atoms with Crippen molar-refractivity contribution in [2.45, 2.75) is 26.4 Å². The van der Waals surface area contributed by atoms with Crippen LogP contribution in [0.4, 0.5) is 5.69 Å². The minimum absolute atomic E-state index is 0.0787. The van der Waals surface area contributed by atoms with Gasteiger partial charge in [0.05, 0.1) is 6.54 Å². The van der Waals surface area contributed by atoms with Gasteiger partial charge in [-0.3, -0.25) is 0 Å². The van der Waals surface area contributed by atoms with Gasteiger partial charge in [-0.15, -0.1) is 0 Å². The molecule has 0 aliphatic carbocycles. The summed E-state index contributed by atoms with van der Waals surface area (Å²) in [6, 6.07) is 17.9. The summed E-state index contributed by atoms with van der Waals surface area (Å²) >= 11 is 6.16. The van der Waals surface area contributed by atoms with E-state index in [0.29, 0.717) is 10.9 Å². The van der Waals surface area contributed by atoms with Crippen molar-refractivity contribution in [2.75, 3.05) is 18.0 Å². The highest BCUT2D eigenvalue weighted by atomic mass is 35.5. The van der Waals surface area contributed by atoms with Crippen molar-refractivity contribution in [3.05, 3.63) is 76.9 Å². The highest BCUT2D eigenvalue weighted by Gasteiger charge is 2.26. The number of hydrogen-bond acceptors (Lipinski definition) is 4. The Balaban J connectivity index is 1.43. The van der Waals surface area contributed by atoms with Crippen molar-refractivity contribution in [1.82, 2.24) is 4.98 Å². The summed E-state index contributed by atoms with van der Waals surface area (Å²) in [6.45, 7) is 5.92. The highest BCUT2D eigenvalue weighted by molar-refractivity contribution is 6.31. The maximum atomic E-state index is 6.16. The Morgan fingerprint density at radius 1 is 1.04 bits per heavy atom. The molecule has 144 valence electrons. The molecule has 1 saturated heterocycles. The van der Waals surface area contributed by atoms with Crippen LogP contribution in [0.2, 0.25) is 5.02 Å². The Morgan fingerprint density at radius 3 is 2.68 bits per heavy atom. The molecule has 1 unspecified atom stereocenters. The zero-order chi connectivity index (χ0) is 19.5. The van der Waals surface area contributed by atoms with Crippen molar-refractivity contribution in [3.63, 3.8) is 0 Å². The molecular formula is C23H23ClN2O2. The summed E-state index contributed by atoms with van der Waals surface area (Å²) < 4.78 is 12.0. The zero-order valence-electron chi connectivity index (χ0n) is 16.1. The third-order valence-electron chi connectivity index (χ3n) is 4.88. The van der Waals surface area contributed by atoms with Gasteiger partial charge in [0, 0.05) is 24.8 Å². The molecule has 0 saturated carbocycles. The summed E-state index contributed by atoms with van der Waals surface area (Å²) in [4.78, 5) is 6.57. The number of benzene rings is 2. The number of pyridine rings is 1. The normalized spacial score (nSPS) is 16.2. The quantitative estimate of drug-likeness (QED) is 0.547. The van der Waals surface area contributed by atoms with Crippen molar-refractivity contribution in [3.8, 4) is 17.4 Å². The van der Waals surface area contributed by atoms with Crippen molar-refractivity contribution in [1.29, 1.82) is 0 Å². The molecule has 0 spiro atoms. The molecule has 3 aromatic rings. The number of ether oxygens (including phenoxy) is 2. The van der Waals surface area contributed by atoms with Crippen LogP contribution >= 0.6 is 11.6 Å². The molecule has 0 N–H and O–H groups in total. The maximum Gasteiger partial charge on any atom is 0.232 e. The van der Waals surface area contributed by atoms with E-state index in [9.17, 15) is 0 Å². The van der Waals surface area contributed by atoms with Crippen LogP contribution < -0.4 is 14.4 Å². The lowest BCUT2D eigenvalue weighted by molar-refractivity contribution is 0.216. The Labute approximate surface area is 170 Å². The van der Waals surface area contributed by atoms with Crippen LogP contribution in [0.3, 0.4) is 0 Å². The molecule has 0 radical (unpaired) electrons. The summed E-state index contributed by atoms with van der Waals surface area (Å²) in [7, 11) is 0. The maximum absolute atomic E-state index is 6.16. The number of anilines is 1. The largest absolute Gasteiger partial charge is 0.471 e. The van der Waals surface area contributed by atoms with Gasteiger partial charge in [0.1, 0.15) is 22.6 Å². The van der Waals surface area contributed by atoms with Crippen molar-refractivity contribution >= 4 is 17.3 Å². The molecule has 1 atom stereocenters. The average molecular weight is 395 g/mol. The van der Waals surface area contributed by atoms with Gasteiger partial charge in [0.2, 0.25) is 5.88 Å². The van der Waals surface area contributed by atoms with Gasteiger partial charge in [-0.1, -0.05) is 23.7 Å². The van der Waals surface area contributed by atoms with Crippen LogP contribution in [-0.2, 0) is 0 Å². The summed E-state index contributed by atoms with van der Waals surface area (Å²) in [6.07, 6.45) is 2.72. The average Bonchev–Trinajstić information content (AvgIpc) is 3.12. The first-order chi connectivity index (χ1) is 13.6. The fourth-order valence-electron chi connectivity index (χ4n) is 3.52. The molecule has 4 rings (SSSR count). The standard InChI is InChI=1S/C23H23ClN2O2/c1-16-5-3-6-18(13-16)27-19-8-9-22(17(2)14-19)26-12-10-20(15-26)28-23-21(24)7-4-11-25-23/h3-9,11,13-14,20H,10,12,15H2,1-2H3. The molecular weight excluding hydrogens is 372 g/mol. The van der Waals surface area contributed by atoms with E-state index in [-0.39, 0.29) is 6.10 Å². The molecule has 2 aromatic carbocycles. The third kappa shape index (κ3) is 4.23. The van der Waals surface area contributed by atoms with Crippen LogP contribution in [-0.4, -0.2) is 24.2 Å². The first kappa shape index (κ1) is 18.6. The van der Waals surface area contributed by atoms with Crippen molar-refractivity contribution in [2.24, 2.45) is 0 Å². The van der Waals surface area contributed by atoms with Crippen LogP contribution in [0.1, 0.15) is 17.5 Å². The van der Waals surface area contributed by atoms with Gasteiger partial charge in [-0.2, -0.15) is 0 Å². The Kier molecular flexibility index (Phi) is 5.40. The van der Waals surface area contributed by atoms with Crippen LogP contribution in [0.15, 0.2) is 60.8 Å². The minimum Gasteiger partial charge on any atom is -0.471 e. The van der Waals surface area contributed by atoms with Gasteiger partial charge < -0.3 is 14.4 Å². The molecule has 1 fully saturated rings. The second-order valence-electron chi connectivity index (χ2n) is 7.13. The number of hydrogen-bond donors (Lipinski definition) is 0. The highest BCUT2D eigenvalue weighted by Crippen LogP contribution is 2.31. The summed E-state index contributed by atoms with van der Waals surface area (Å²) in [5.74, 6) is 2.21. The van der Waals surface area contributed by atoms with Gasteiger partial charge in [-0.25, -0.2) is 4.98 Å². The first-order valence-electron chi connectivity index (χ1n) is 9.46. The number of aryl methyl sites for hydroxylation is 2. The number of halogens is 1. The van der Waals surface area contributed by atoms with Crippen LogP contribution in [0.25, 0.3) is 0 Å². The third-order valence-corrected chi connectivity index (χ3v) is 5.17. The van der Waals surface area contributed by atoms with E-state index in [1.54, 1.807) is 18.3 Å². The SMILES string of the molecule is Cc1cccc(Oc2ccc(N3CCC(Oc4ncccc4Cl)C3)c(C)c2)c1. The Hall–Kier alpha value is -2.72. The predicted octanol–water partition coefficient (Wildman–Crippen LogP) is 5.80. The van der Waals surface area contributed by atoms with Crippen LogP contribution in [0.5, 0.6) is 17.4 Å². The van der Waals surface area contributed by atoms with E-state index in [1.807, 2.05) is 24.3 Å². The molecule has 4 nitrogen and oxygen atoms in total. The fourth-order valence-corrected chi connectivity index (χ4v) is 3.69. The predicted molar refractivity (Wildman–Crippen MR) is 113 cm³/mol. The van der Waals surface area contributed by atoms with Crippen LogP contribution in [0, 0.1) is 13.8 Å². The molecule has 1 aromatic heterocycles. The second kappa shape index (κ2) is 8.11. The topological polar surface area (TPSA) is 34.6 Å². The lowest BCUT2D eigenvalue weighted by Crippen LogP contribution is -2.25. The molecule has 28 heavy (non-hydrogen) atoms. The van der Waals surface area contributed by atoms with E-state index < -0.39 is 0 Å². The van der Waals surface area contributed by atoms with Gasteiger partial charge in [0.25, 0.3) is 0 Å². The number of rotatable bonds is 5. The van der Waals surface area contributed by atoms with E-state index in [4.69, 9.17) is 21.1 Å². The molecule has 1 aliphatic rings. The molecule has 1 aliphatic heterocycles. The molecule has 0 amide bonds. The lowest BCUT2D eigenvalue weighted by atomic mass is 10.1. The smallest absolute Gasteiger partial charge is 0.232 e. The van der Waals surface area contributed by atoms with Crippen molar-refractivity contribution < 1.29 is 9.47 Å². The minimum atomic E-state index is 0.0787. The van der Waals surface area contributed by atoms with Gasteiger partial charge in [-0.05, 0) is 67.4 Å². The second-order valence-corrected chi connectivity index (χ2v) is 7.54. The van der Waals surface area contributed by atoms with Gasteiger partial charge in [0.15, 0.2) is 0 Å². The first-order valence-corrected chi connectivity index (χ1v) is 9.83. The van der Waals surface area contributed by atoms with Gasteiger partial charge >= 0.3 is 0 Å². The van der Waals surface area contributed by atoms with E-state index in [2.05, 4.69) is 41.9 Å². The molecule has 2 heterocycles. The molecule has 5 heteroatoms. The zero-order valence-corrected chi connectivity index (χ0v) is 16.8. The summed E-state index contributed by atoms with van der Waals surface area (Å²) in [5, 5.41) is 0.551. The molecule has 0 bridgehead atoms. The fraction of sp³-hybridized carbons (Fsp3) is 0.261. The monoisotopic (exact) mass is 394 g/mol. The van der Waals surface area contributed by atoms with E-state index >= 15 is 0 Å². The van der Waals surface area contributed by atoms with E-state index in [1.165, 1.54) is 16.8 Å². The number of aromatic nitrogens is 1. The summed E-state index contributed by atoms with van der Waals surface area (Å²) in [5.41, 5.74) is 3.57. The lowest BCUT2D eigenvalue weighted by Gasteiger charge is -2.21.